The summed E-state index contributed by atoms with van der Waals surface area (Å²) >= 11 is 1.70. The van der Waals surface area contributed by atoms with Crippen molar-refractivity contribution in [2.24, 2.45) is 0 Å². The average molecular weight is 470 g/mol. The molecule has 1 saturated heterocycles. The Labute approximate surface area is 203 Å². The quantitative estimate of drug-likeness (QED) is 0.417. The topological polar surface area (TPSA) is 61.4 Å². The van der Waals surface area contributed by atoms with Gasteiger partial charge in [-0.3, -0.25) is 4.79 Å². The molecular formula is C27H27N5OS. The van der Waals surface area contributed by atoms with Crippen molar-refractivity contribution in [1.82, 2.24) is 14.9 Å². The summed E-state index contributed by atoms with van der Waals surface area (Å²) in [6.07, 6.45) is 0. The van der Waals surface area contributed by atoms with Crippen molar-refractivity contribution in [3.8, 4) is 10.4 Å². The number of aromatic nitrogens is 2. The minimum absolute atomic E-state index is 0.0734. The molecule has 0 spiro atoms. The Hall–Kier alpha value is -3.71. The van der Waals surface area contributed by atoms with E-state index >= 15 is 0 Å². The second-order valence-corrected chi connectivity index (χ2v) is 9.47. The van der Waals surface area contributed by atoms with Crippen molar-refractivity contribution in [1.29, 1.82) is 0 Å². The van der Waals surface area contributed by atoms with Crippen LogP contribution in [0.3, 0.4) is 0 Å². The second kappa shape index (κ2) is 9.65. The van der Waals surface area contributed by atoms with Crippen LogP contribution in [0.5, 0.6) is 0 Å². The van der Waals surface area contributed by atoms with E-state index in [1.54, 1.807) is 11.3 Å². The molecule has 0 saturated carbocycles. The van der Waals surface area contributed by atoms with E-state index in [9.17, 15) is 4.79 Å². The molecule has 1 N–H and O–H groups in total. The van der Waals surface area contributed by atoms with E-state index in [2.05, 4.69) is 45.7 Å². The Morgan fingerprint density at radius 1 is 0.912 bits per heavy atom. The smallest absolute Gasteiger partial charge is 0.253 e. The van der Waals surface area contributed by atoms with Gasteiger partial charge in [-0.1, -0.05) is 35.9 Å². The van der Waals surface area contributed by atoms with Gasteiger partial charge in [0.1, 0.15) is 5.82 Å². The van der Waals surface area contributed by atoms with Gasteiger partial charge in [0, 0.05) is 54.1 Å². The summed E-state index contributed by atoms with van der Waals surface area (Å²) in [4.78, 5) is 27.7. The number of hydrogen-bond donors (Lipinski definition) is 1. The zero-order chi connectivity index (χ0) is 23.5. The first kappa shape index (κ1) is 22.1. The van der Waals surface area contributed by atoms with E-state index in [1.165, 1.54) is 10.4 Å². The normalized spacial score (nSPS) is 13.7. The molecule has 1 aliphatic rings. The van der Waals surface area contributed by atoms with Gasteiger partial charge in [-0.25, -0.2) is 4.98 Å². The number of hydrogen-bond acceptors (Lipinski definition) is 6. The lowest BCUT2D eigenvalue weighted by molar-refractivity contribution is 0.0746. The number of benzene rings is 2. The van der Waals surface area contributed by atoms with Gasteiger partial charge in [0.2, 0.25) is 5.95 Å². The number of nitrogens with zero attached hydrogens (tertiary/aromatic N) is 4. The highest BCUT2D eigenvalue weighted by atomic mass is 32.1. The van der Waals surface area contributed by atoms with E-state index in [-0.39, 0.29) is 5.91 Å². The fraction of sp³-hybridized carbons (Fsp3) is 0.222. The highest BCUT2D eigenvalue weighted by Crippen LogP contribution is 2.25. The van der Waals surface area contributed by atoms with Crippen LogP contribution in [0.4, 0.5) is 17.5 Å². The molecule has 0 bridgehead atoms. The van der Waals surface area contributed by atoms with E-state index < -0.39 is 0 Å². The maximum atomic E-state index is 13.0. The van der Waals surface area contributed by atoms with Crippen molar-refractivity contribution in [2.75, 3.05) is 36.4 Å². The molecule has 7 heteroatoms. The minimum Gasteiger partial charge on any atom is -0.340 e. The highest BCUT2D eigenvalue weighted by molar-refractivity contribution is 7.13. The van der Waals surface area contributed by atoms with Crippen LogP contribution in [0.2, 0.25) is 0 Å². The molecular weight excluding hydrogens is 442 g/mol. The van der Waals surface area contributed by atoms with E-state index in [1.807, 2.05) is 60.4 Å². The lowest BCUT2D eigenvalue weighted by Crippen LogP contribution is -2.49. The predicted octanol–water partition coefficient (Wildman–Crippen LogP) is 5.53. The SMILES string of the molecule is Cc1ccc(Nc2cc(C)nc(N3CCN(C(=O)c4ccc(-c5cccs5)cc4)CC3)n2)cc1. The monoisotopic (exact) mass is 469 g/mol. The fourth-order valence-electron chi connectivity index (χ4n) is 4.06. The number of amides is 1. The van der Waals surface area contributed by atoms with Gasteiger partial charge in [0.25, 0.3) is 5.91 Å². The van der Waals surface area contributed by atoms with Crippen molar-refractivity contribution < 1.29 is 4.79 Å². The lowest BCUT2D eigenvalue weighted by atomic mass is 10.1. The number of aryl methyl sites for hydroxylation is 2. The fourth-order valence-corrected chi connectivity index (χ4v) is 4.79. The first-order valence-electron chi connectivity index (χ1n) is 11.4. The number of carbonyl (C=O) groups is 1. The predicted molar refractivity (Wildman–Crippen MR) is 139 cm³/mol. The molecule has 3 heterocycles. The summed E-state index contributed by atoms with van der Waals surface area (Å²) in [5, 5.41) is 5.44. The molecule has 0 aliphatic carbocycles. The maximum absolute atomic E-state index is 13.0. The molecule has 2 aromatic carbocycles. The highest BCUT2D eigenvalue weighted by Gasteiger charge is 2.24. The second-order valence-electron chi connectivity index (χ2n) is 8.52. The van der Waals surface area contributed by atoms with Crippen molar-refractivity contribution in [3.05, 3.63) is 88.9 Å². The Bertz CT molecular complexity index is 1260. The van der Waals surface area contributed by atoms with E-state index in [0.717, 1.165) is 28.3 Å². The lowest BCUT2D eigenvalue weighted by Gasteiger charge is -2.35. The summed E-state index contributed by atoms with van der Waals surface area (Å²) in [7, 11) is 0. The Morgan fingerprint density at radius 3 is 2.32 bits per heavy atom. The van der Waals surface area contributed by atoms with Crippen LogP contribution in [0.15, 0.2) is 72.1 Å². The first-order valence-corrected chi connectivity index (χ1v) is 12.3. The molecule has 0 unspecified atom stereocenters. The number of anilines is 3. The zero-order valence-corrected chi connectivity index (χ0v) is 20.2. The molecule has 2 aromatic heterocycles. The summed E-state index contributed by atoms with van der Waals surface area (Å²) in [6.45, 7) is 6.73. The van der Waals surface area contributed by atoms with Crippen molar-refractivity contribution >= 4 is 34.7 Å². The molecule has 4 aromatic rings. The van der Waals surface area contributed by atoms with Gasteiger partial charge in [0.15, 0.2) is 0 Å². The maximum Gasteiger partial charge on any atom is 0.253 e. The van der Waals surface area contributed by atoms with Gasteiger partial charge in [-0.05, 0) is 55.1 Å². The van der Waals surface area contributed by atoms with Gasteiger partial charge in [-0.2, -0.15) is 4.98 Å². The van der Waals surface area contributed by atoms with Crippen LogP contribution in [-0.2, 0) is 0 Å². The third-order valence-electron chi connectivity index (χ3n) is 5.95. The third kappa shape index (κ3) is 4.94. The van der Waals surface area contributed by atoms with Crippen LogP contribution in [-0.4, -0.2) is 47.0 Å². The third-order valence-corrected chi connectivity index (χ3v) is 6.87. The largest absolute Gasteiger partial charge is 0.340 e. The molecule has 1 amide bonds. The summed E-state index contributed by atoms with van der Waals surface area (Å²) in [6, 6.07) is 22.2. The molecule has 1 fully saturated rings. The molecule has 0 radical (unpaired) electrons. The Balaban J connectivity index is 1.23. The molecule has 0 atom stereocenters. The van der Waals surface area contributed by atoms with Crippen LogP contribution < -0.4 is 10.2 Å². The standard InChI is InChI=1S/C27H27N5OS/c1-19-5-11-23(12-6-19)29-25-18-20(2)28-27(30-25)32-15-13-31(14-16-32)26(33)22-9-7-21(8-10-22)24-4-3-17-34-24/h3-12,17-18H,13-16H2,1-2H3,(H,28,29,30). The van der Waals surface area contributed by atoms with Crippen LogP contribution in [0.1, 0.15) is 21.6 Å². The molecule has 34 heavy (non-hydrogen) atoms. The molecule has 5 rings (SSSR count). The van der Waals surface area contributed by atoms with Crippen LogP contribution in [0, 0.1) is 13.8 Å². The van der Waals surface area contributed by atoms with Gasteiger partial charge in [-0.15, -0.1) is 11.3 Å². The van der Waals surface area contributed by atoms with Crippen molar-refractivity contribution in [2.45, 2.75) is 13.8 Å². The van der Waals surface area contributed by atoms with Gasteiger partial charge >= 0.3 is 0 Å². The molecule has 172 valence electrons. The molecule has 6 nitrogen and oxygen atoms in total. The molecule has 1 aliphatic heterocycles. The first-order chi connectivity index (χ1) is 16.5. The summed E-state index contributed by atoms with van der Waals surface area (Å²) < 4.78 is 0. The van der Waals surface area contributed by atoms with Crippen LogP contribution >= 0.6 is 11.3 Å². The van der Waals surface area contributed by atoms with Crippen LogP contribution in [0.25, 0.3) is 10.4 Å². The minimum atomic E-state index is 0.0734. The summed E-state index contributed by atoms with van der Waals surface area (Å²) in [5.41, 5.74) is 4.99. The summed E-state index contributed by atoms with van der Waals surface area (Å²) in [5.74, 6) is 1.54. The number of piperazine rings is 1. The van der Waals surface area contributed by atoms with Gasteiger partial charge < -0.3 is 15.1 Å². The zero-order valence-electron chi connectivity index (χ0n) is 19.4. The Kier molecular flexibility index (Phi) is 6.27. The van der Waals surface area contributed by atoms with E-state index in [4.69, 9.17) is 4.98 Å². The average Bonchev–Trinajstić information content (AvgIpc) is 3.40. The van der Waals surface area contributed by atoms with Gasteiger partial charge in [0.05, 0.1) is 0 Å². The Morgan fingerprint density at radius 2 is 1.65 bits per heavy atom. The number of thiophene rings is 1. The van der Waals surface area contributed by atoms with E-state index in [0.29, 0.717) is 32.1 Å². The number of nitrogens with one attached hydrogen (secondary N) is 1. The number of rotatable bonds is 5. The van der Waals surface area contributed by atoms with Crippen molar-refractivity contribution in [3.63, 3.8) is 0 Å². The number of carbonyl (C=O) groups excluding carboxylic acids is 1.